The molecule has 0 amide bonds. The first kappa shape index (κ1) is 25.6. The van der Waals surface area contributed by atoms with Crippen LogP contribution in [0.15, 0.2) is 35.3 Å². The number of aromatic nitrogens is 2. The van der Waals surface area contributed by atoms with E-state index in [0.717, 1.165) is 5.56 Å². The molecule has 34 heavy (non-hydrogen) atoms. The zero-order valence-electron chi connectivity index (χ0n) is 18.0. The Morgan fingerprint density at radius 2 is 2.12 bits per heavy atom. The number of esters is 1. The summed E-state index contributed by atoms with van der Waals surface area (Å²) in [4.78, 5) is 28.2. The molecule has 1 fully saturated rings. The number of carbonyl (C=O) groups excluding carboxylic acids is 1. The summed E-state index contributed by atoms with van der Waals surface area (Å²) in [6.45, 7) is -1.31. The van der Waals surface area contributed by atoms with Gasteiger partial charge >= 0.3 is 17.6 Å². The second-order valence-electron chi connectivity index (χ2n) is 7.66. The molecule has 0 bridgehead atoms. The molecule has 1 aromatic carbocycles. The van der Waals surface area contributed by atoms with E-state index in [-0.39, 0.29) is 9.63 Å². The molecular weight excluding hydrogens is 459 g/mol. The van der Waals surface area contributed by atoms with Crippen LogP contribution in [-0.4, -0.2) is 84.0 Å². The molecule has 3 rings (SSSR count). The number of alkyl halides is 1. The number of benzene rings is 1. The highest BCUT2D eigenvalue weighted by Gasteiger charge is 2.70. The van der Waals surface area contributed by atoms with Gasteiger partial charge in [-0.15, -0.1) is 5.06 Å². The van der Waals surface area contributed by atoms with Crippen LogP contribution >= 0.6 is 0 Å². The van der Waals surface area contributed by atoms with Crippen molar-refractivity contribution in [3.05, 3.63) is 57.6 Å². The van der Waals surface area contributed by atoms with Crippen LogP contribution < -0.4 is 11.4 Å². The van der Waals surface area contributed by atoms with E-state index in [1.807, 2.05) is 0 Å². The van der Waals surface area contributed by atoms with Gasteiger partial charge in [0.1, 0.15) is 36.9 Å². The quantitative estimate of drug-likeness (QED) is 0.140. The number of anilines is 1. The van der Waals surface area contributed by atoms with E-state index in [1.54, 1.807) is 31.2 Å². The number of nitrogens with two attached hydrogens (primary N) is 1. The molecule has 0 saturated carbocycles. The molecule has 1 saturated heterocycles. The number of hydrogen-bond acceptors (Lipinski definition) is 12. The molecule has 1 aliphatic heterocycles. The van der Waals surface area contributed by atoms with Gasteiger partial charge < -0.3 is 40.8 Å². The summed E-state index contributed by atoms with van der Waals surface area (Å²) in [5, 5.41) is 53.9. The Morgan fingerprint density at radius 1 is 1.41 bits per heavy atom. The van der Waals surface area contributed by atoms with Crippen molar-refractivity contribution in [2.45, 2.75) is 37.3 Å². The van der Waals surface area contributed by atoms with E-state index < -0.39 is 73.3 Å². The molecule has 7 N–H and O–H groups in total. The van der Waals surface area contributed by atoms with Gasteiger partial charge in [0.2, 0.25) is 5.72 Å². The minimum atomic E-state index is -3.36. The average molecular weight is 484 g/mol. The zero-order valence-corrected chi connectivity index (χ0v) is 18.0. The van der Waals surface area contributed by atoms with Crippen LogP contribution in [-0.2, 0) is 21.9 Å². The minimum absolute atomic E-state index is 0.113. The fourth-order valence-electron chi connectivity index (χ4n) is 3.72. The Bertz CT molecular complexity index is 1120. The van der Waals surface area contributed by atoms with Gasteiger partial charge in [-0.25, -0.2) is 23.5 Å². The molecule has 0 spiro atoms. The van der Waals surface area contributed by atoms with Gasteiger partial charge in [0.05, 0.1) is 19.3 Å². The molecular formula is C20H25FN4O9. The lowest BCUT2D eigenvalue weighted by Crippen LogP contribution is -2.68. The van der Waals surface area contributed by atoms with Gasteiger partial charge in [-0.1, -0.05) is 29.8 Å². The summed E-state index contributed by atoms with van der Waals surface area (Å²) in [6, 6.07) is 6.64. The van der Waals surface area contributed by atoms with Gasteiger partial charge in [0, 0.05) is 0 Å². The molecule has 1 aliphatic rings. The summed E-state index contributed by atoms with van der Waals surface area (Å²) in [5.74, 6) is -5.40. The number of hydrogen-bond donors (Lipinski definition) is 6. The maximum absolute atomic E-state index is 12.6. The van der Waals surface area contributed by atoms with Crippen LogP contribution in [0.2, 0.25) is 0 Å². The van der Waals surface area contributed by atoms with Crippen molar-refractivity contribution in [1.29, 1.82) is 0 Å². The highest BCUT2D eigenvalue weighted by Crippen LogP contribution is 2.44. The Labute approximate surface area is 192 Å². The van der Waals surface area contributed by atoms with Crippen molar-refractivity contribution in [2.75, 3.05) is 25.6 Å². The van der Waals surface area contributed by atoms with Crippen molar-refractivity contribution in [3.63, 3.8) is 0 Å². The molecule has 14 heteroatoms. The van der Waals surface area contributed by atoms with E-state index in [1.165, 1.54) is 0 Å². The summed E-state index contributed by atoms with van der Waals surface area (Å²) in [5.41, 5.74) is 1.96. The lowest BCUT2D eigenvalue weighted by molar-refractivity contribution is -0.413. The first-order chi connectivity index (χ1) is 16.0. The Morgan fingerprint density at radius 3 is 2.74 bits per heavy atom. The number of ether oxygens (including phenoxy) is 2. The summed E-state index contributed by atoms with van der Waals surface area (Å²) in [6.07, 6.45) is -3.20. The van der Waals surface area contributed by atoms with Gasteiger partial charge in [-0.05, 0) is 12.5 Å². The van der Waals surface area contributed by atoms with Gasteiger partial charge in [-0.2, -0.15) is 0 Å². The molecule has 0 radical (unpaired) electrons. The minimum Gasteiger partial charge on any atom is -0.459 e. The number of rotatable bonds is 8. The van der Waals surface area contributed by atoms with E-state index in [9.17, 15) is 39.6 Å². The third-order valence-corrected chi connectivity index (χ3v) is 5.39. The van der Waals surface area contributed by atoms with Crippen molar-refractivity contribution >= 4 is 11.8 Å². The Kier molecular flexibility index (Phi) is 7.32. The number of aliphatic hydroxyl groups excluding tert-OH is 2. The van der Waals surface area contributed by atoms with Crippen LogP contribution in [0.5, 0.6) is 0 Å². The number of hydroxylamine groups is 2. The predicted molar refractivity (Wildman–Crippen MR) is 111 cm³/mol. The highest BCUT2D eigenvalue weighted by atomic mass is 19.1. The largest absolute Gasteiger partial charge is 0.459 e. The predicted octanol–water partition coefficient (Wildman–Crippen LogP) is -1.81. The SMILES string of the molecule is Cc1cccc(CN(O)[C@@]2(O)[C@H](O)[C@@H](CO)O[C@@]2(O)n2c(N)c(C(=O)OCCF)cnc2=O)c1. The number of halogens is 1. The summed E-state index contributed by atoms with van der Waals surface area (Å²) in [7, 11) is 0. The third-order valence-electron chi connectivity index (χ3n) is 5.39. The van der Waals surface area contributed by atoms with E-state index in [4.69, 9.17) is 10.5 Å². The van der Waals surface area contributed by atoms with Gasteiger partial charge in [-0.3, -0.25) is 0 Å². The molecule has 2 aromatic rings. The normalized spacial score (nSPS) is 26.7. The zero-order chi connectivity index (χ0) is 25.3. The summed E-state index contributed by atoms with van der Waals surface area (Å²) >= 11 is 0. The number of aliphatic hydroxyl groups is 4. The fraction of sp³-hybridized carbons (Fsp3) is 0.450. The average Bonchev–Trinajstić information content (AvgIpc) is 2.99. The number of carbonyl (C=O) groups is 1. The van der Waals surface area contributed by atoms with Crippen LogP contribution in [0.4, 0.5) is 10.2 Å². The molecule has 0 unspecified atom stereocenters. The van der Waals surface area contributed by atoms with Crippen LogP contribution in [0.3, 0.4) is 0 Å². The number of nitrogens with zero attached hydrogens (tertiary/aromatic N) is 3. The summed E-state index contributed by atoms with van der Waals surface area (Å²) < 4.78 is 22.3. The second-order valence-corrected chi connectivity index (χ2v) is 7.66. The third kappa shape index (κ3) is 4.16. The van der Waals surface area contributed by atoms with Crippen LogP contribution in [0.25, 0.3) is 0 Å². The van der Waals surface area contributed by atoms with E-state index >= 15 is 0 Å². The standard InChI is InChI=1S/C20H25FN4O9/c1-11-3-2-4-12(7-11)9-24(32)19(30)15(27)14(10-26)34-20(19,31)25-16(22)13(8-23-18(25)29)17(28)33-6-5-21/h2-4,7-8,14-15,26-27,30-32H,5-6,9-10,22H2,1H3/t14-,15-,19-,20-/m1/s1. The number of aryl methyl sites for hydroxylation is 1. The van der Waals surface area contributed by atoms with Crippen molar-refractivity contribution in [2.24, 2.45) is 0 Å². The molecule has 0 aliphatic carbocycles. The lowest BCUT2D eigenvalue weighted by Gasteiger charge is -2.42. The second kappa shape index (κ2) is 9.71. The van der Waals surface area contributed by atoms with Crippen molar-refractivity contribution in [3.8, 4) is 0 Å². The maximum atomic E-state index is 12.6. The topological polar surface area (TPSA) is 201 Å². The highest BCUT2D eigenvalue weighted by molar-refractivity contribution is 5.93. The molecule has 1 aromatic heterocycles. The smallest absolute Gasteiger partial charge is 0.353 e. The first-order valence-corrected chi connectivity index (χ1v) is 10.1. The fourth-order valence-corrected chi connectivity index (χ4v) is 3.72. The van der Waals surface area contributed by atoms with Crippen molar-refractivity contribution in [1.82, 2.24) is 14.6 Å². The molecule has 4 atom stereocenters. The lowest BCUT2D eigenvalue weighted by atomic mass is 9.99. The number of nitrogen functional groups attached to an aromatic ring is 1. The first-order valence-electron chi connectivity index (χ1n) is 10.1. The monoisotopic (exact) mass is 484 g/mol. The van der Waals surface area contributed by atoms with Crippen molar-refractivity contribution < 1.29 is 44.3 Å². The molecule has 186 valence electrons. The Hall–Kier alpha value is -2.98. The van der Waals surface area contributed by atoms with E-state index in [0.29, 0.717) is 11.8 Å². The Balaban J connectivity index is 2.14. The van der Waals surface area contributed by atoms with Crippen LogP contribution in [0.1, 0.15) is 21.5 Å². The van der Waals surface area contributed by atoms with E-state index in [2.05, 4.69) is 9.72 Å². The van der Waals surface area contributed by atoms with Gasteiger partial charge in [0.25, 0.3) is 0 Å². The van der Waals surface area contributed by atoms with Crippen LogP contribution in [0, 0.1) is 6.92 Å². The maximum Gasteiger partial charge on any atom is 0.353 e. The van der Waals surface area contributed by atoms with Gasteiger partial charge in [0.15, 0.2) is 0 Å². The molecule has 13 nitrogen and oxygen atoms in total. The molecule has 2 heterocycles.